The molecule has 0 radical (unpaired) electrons. The van der Waals surface area contributed by atoms with E-state index in [9.17, 15) is 4.79 Å². The third-order valence-electron chi connectivity index (χ3n) is 3.17. The molecule has 0 spiro atoms. The van der Waals surface area contributed by atoms with Gasteiger partial charge in [0, 0.05) is 28.6 Å². The molecule has 0 bridgehead atoms. The molecule has 0 saturated heterocycles. The predicted molar refractivity (Wildman–Crippen MR) is 82.8 cm³/mol. The highest BCUT2D eigenvalue weighted by molar-refractivity contribution is 9.10. The van der Waals surface area contributed by atoms with Crippen LogP contribution in [0.3, 0.4) is 0 Å². The average Bonchev–Trinajstić information content (AvgIpc) is 2.42. The molecule has 106 valence electrons. The van der Waals surface area contributed by atoms with Crippen LogP contribution in [-0.4, -0.2) is 40.6 Å². The number of halogens is 1. The first-order chi connectivity index (χ1) is 9.56. The Bertz CT molecular complexity index is 638. The average molecular weight is 337 g/mol. The highest BCUT2D eigenvalue weighted by Crippen LogP contribution is 2.23. The van der Waals surface area contributed by atoms with Gasteiger partial charge in [-0.25, -0.2) is 0 Å². The summed E-state index contributed by atoms with van der Waals surface area (Å²) in [5.74, 6) is -0.0700. The first kappa shape index (κ1) is 14.9. The van der Waals surface area contributed by atoms with Gasteiger partial charge in [0.05, 0.1) is 17.7 Å². The first-order valence-corrected chi connectivity index (χ1v) is 7.33. The summed E-state index contributed by atoms with van der Waals surface area (Å²) >= 11 is 3.42. The number of aliphatic hydroxyl groups is 1. The van der Waals surface area contributed by atoms with Crippen molar-refractivity contribution >= 4 is 32.7 Å². The van der Waals surface area contributed by atoms with Crippen LogP contribution in [0, 0.1) is 6.92 Å². The topological polar surface area (TPSA) is 53.4 Å². The van der Waals surface area contributed by atoms with Crippen molar-refractivity contribution in [3.8, 4) is 0 Å². The SMILES string of the molecule is CCN(CCO)C(=O)c1cc(C)nc2cc(Br)ccc12. The molecular weight excluding hydrogens is 320 g/mol. The summed E-state index contributed by atoms with van der Waals surface area (Å²) in [6, 6.07) is 7.50. The molecule has 1 heterocycles. The summed E-state index contributed by atoms with van der Waals surface area (Å²) in [4.78, 5) is 18.7. The molecule has 2 rings (SSSR count). The molecule has 0 unspecified atom stereocenters. The van der Waals surface area contributed by atoms with Crippen LogP contribution in [0.25, 0.3) is 10.9 Å². The lowest BCUT2D eigenvalue weighted by molar-refractivity contribution is 0.0734. The van der Waals surface area contributed by atoms with Crippen LogP contribution in [0.15, 0.2) is 28.7 Å². The normalized spacial score (nSPS) is 10.8. The number of pyridine rings is 1. The third-order valence-corrected chi connectivity index (χ3v) is 3.66. The minimum Gasteiger partial charge on any atom is -0.395 e. The van der Waals surface area contributed by atoms with Gasteiger partial charge < -0.3 is 10.0 Å². The second-order valence-corrected chi connectivity index (χ2v) is 5.50. The van der Waals surface area contributed by atoms with Crippen LogP contribution in [-0.2, 0) is 0 Å². The van der Waals surface area contributed by atoms with E-state index in [0.29, 0.717) is 18.7 Å². The fourth-order valence-corrected chi connectivity index (χ4v) is 2.55. The Morgan fingerprint density at radius 3 is 2.80 bits per heavy atom. The van der Waals surface area contributed by atoms with Gasteiger partial charge in [0.2, 0.25) is 0 Å². The number of nitrogens with zero attached hydrogens (tertiary/aromatic N) is 2. The highest BCUT2D eigenvalue weighted by Gasteiger charge is 2.17. The van der Waals surface area contributed by atoms with Gasteiger partial charge in [-0.1, -0.05) is 22.0 Å². The van der Waals surface area contributed by atoms with E-state index in [2.05, 4.69) is 20.9 Å². The van der Waals surface area contributed by atoms with Crippen molar-refractivity contribution < 1.29 is 9.90 Å². The van der Waals surface area contributed by atoms with Gasteiger partial charge in [-0.05, 0) is 32.0 Å². The predicted octanol–water partition coefficient (Wildman–Crippen LogP) is 2.76. The summed E-state index contributed by atoms with van der Waals surface area (Å²) in [5, 5.41) is 9.89. The van der Waals surface area contributed by atoms with E-state index >= 15 is 0 Å². The highest BCUT2D eigenvalue weighted by atomic mass is 79.9. The molecule has 0 fully saturated rings. The second kappa shape index (κ2) is 6.33. The van der Waals surface area contributed by atoms with Crippen LogP contribution < -0.4 is 0 Å². The number of rotatable bonds is 4. The zero-order valence-corrected chi connectivity index (χ0v) is 13.1. The number of fused-ring (bicyclic) bond motifs is 1. The smallest absolute Gasteiger partial charge is 0.254 e. The summed E-state index contributed by atoms with van der Waals surface area (Å²) in [6.07, 6.45) is 0. The molecule has 0 aliphatic heterocycles. The van der Waals surface area contributed by atoms with Crippen LogP contribution >= 0.6 is 15.9 Å². The van der Waals surface area contributed by atoms with Gasteiger partial charge in [0.1, 0.15) is 0 Å². The lowest BCUT2D eigenvalue weighted by atomic mass is 10.1. The van der Waals surface area contributed by atoms with E-state index in [1.54, 1.807) is 11.0 Å². The Hall–Kier alpha value is -1.46. The standard InChI is InChI=1S/C15H17BrN2O2/c1-3-18(6-7-19)15(20)13-8-10(2)17-14-9-11(16)4-5-12(13)14/h4-5,8-9,19H,3,6-7H2,1-2H3. The minimum absolute atomic E-state index is 0.0346. The van der Waals surface area contributed by atoms with E-state index in [-0.39, 0.29) is 12.5 Å². The molecule has 1 N–H and O–H groups in total. The largest absolute Gasteiger partial charge is 0.395 e. The Labute approximate surface area is 126 Å². The number of aromatic nitrogens is 1. The van der Waals surface area contributed by atoms with Crippen molar-refractivity contribution in [1.29, 1.82) is 0 Å². The third kappa shape index (κ3) is 2.99. The number of amides is 1. The van der Waals surface area contributed by atoms with Crippen LogP contribution in [0.2, 0.25) is 0 Å². The lowest BCUT2D eigenvalue weighted by Gasteiger charge is -2.20. The maximum Gasteiger partial charge on any atom is 0.254 e. The van der Waals surface area contributed by atoms with E-state index in [1.807, 2.05) is 32.0 Å². The number of carbonyl (C=O) groups is 1. The Morgan fingerprint density at radius 2 is 2.15 bits per heavy atom. The van der Waals surface area contributed by atoms with E-state index < -0.39 is 0 Å². The molecule has 0 aliphatic carbocycles. The van der Waals surface area contributed by atoms with Gasteiger partial charge in [0.15, 0.2) is 0 Å². The maximum atomic E-state index is 12.6. The summed E-state index contributed by atoms with van der Waals surface area (Å²) in [6.45, 7) is 4.65. The molecule has 2 aromatic rings. The quantitative estimate of drug-likeness (QED) is 0.933. The molecule has 4 nitrogen and oxygen atoms in total. The Kier molecular flexibility index (Phi) is 4.73. The first-order valence-electron chi connectivity index (χ1n) is 6.54. The van der Waals surface area contributed by atoms with Crippen LogP contribution in [0.4, 0.5) is 0 Å². The van der Waals surface area contributed by atoms with Crippen molar-refractivity contribution in [3.05, 3.63) is 40.0 Å². The summed E-state index contributed by atoms with van der Waals surface area (Å²) in [7, 11) is 0. The van der Waals surface area contributed by atoms with Crippen molar-refractivity contribution in [2.75, 3.05) is 19.7 Å². The summed E-state index contributed by atoms with van der Waals surface area (Å²) in [5.41, 5.74) is 2.23. The number of aliphatic hydroxyl groups excluding tert-OH is 1. The number of carbonyl (C=O) groups excluding carboxylic acids is 1. The molecule has 1 amide bonds. The van der Waals surface area contributed by atoms with Gasteiger partial charge in [0.25, 0.3) is 5.91 Å². The Morgan fingerprint density at radius 1 is 1.40 bits per heavy atom. The van der Waals surface area contributed by atoms with Crippen LogP contribution in [0.5, 0.6) is 0 Å². The number of likely N-dealkylation sites (N-methyl/N-ethyl adjacent to an activating group) is 1. The van der Waals surface area contributed by atoms with Crippen molar-refractivity contribution in [2.45, 2.75) is 13.8 Å². The number of hydrogen-bond acceptors (Lipinski definition) is 3. The fourth-order valence-electron chi connectivity index (χ4n) is 2.21. The van der Waals surface area contributed by atoms with Crippen LogP contribution in [0.1, 0.15) is 23.0 Å². The van der Waals surface area contributed by atoms with Crippen molar-refractivity contribution in [3.63, 3.8) is 0 Å². The molecule has 1 aromatic heterocycles. The molecule has 5 heteroatoms. The molecule has 0 saturated carbocycles. The molecule has 0 aliphatic rings. The minimum atomic E-state index is -0.0700. The van der Waals surface area contributed by atoms with E-state index in [0.717, 1.165) is 21.1 Å². The van der Waals surface area contributed by atoms with E-state index in [1.165, 1.54) is 0 Å². The van der Waals surface area contributed by atoms with Gasteiger partial charge >= 0.3 is 0 Å². The fraction of sp³-hybridized carbons (Fsp3) is 0.333. The zero-order chi connectivity index (χ0) is 14.7. The second-order valence-electron chi connectivity index (χ2n) is 4.58. The molecule has 1 aromatic carbocycles. The number of benzene rings is 1. The van der Waals surface area contributed by atoms with Gasteiger partial charge in [-0.3, -0.25) is 9.78 Å². The number of hydrogen-bond donors (Lipinski definition) is 1. The molecular formula is C15H17BrN2O2. The maximum absolute atomic E-state index is 12.6. The summed E-state index contributed by atoms with van der Waals surface area (Å²) < 4.78 is 0.934. The van der Waals surface area contributed by atoms with Crippen molar-refractivity contribution in [2.24, 2.45) is 0 Å². The lowest BCUT2D eigenvalue weighted by Crippen LogP contribution is -2.33. The monoisotopic (exact) mass is 336 g/mol. The van der Waals surface area contributed by atoms with Gasteiger partial charge in [-0.2, -0.15) is 0 Å². The van der Waals surface area contributed by atoms with Crippen molar-refractivity contribution in [1.82, 2.24) is 9.88 Å². The zero-order valence-electron chi connectivity index (χ0n) is 11.6. The molecule has 20 heavy (non-hydrogen) atoms. The molecule has 0 atom stereocenters. The number of aryl methyl sites for hydroxylation is 1. The van der Waals surface area contributed by atoms with Gasteiger partial charge in [-0.15, -0.1) is 0 Å². The van der Waals surface area contributed by atoms with E-state index in [4.69, 9.17) is 5.11 Å². The Balaban J connectivity index is 2.55.